The Morgan fingerprint density at radius 3 is 2.22 bits per heavy atom. The molecule has 0 unspecified atom stereocenters. The van der Waals surface area contributed by atoms with Crippen molar-refractivity contribution in [3.05, 3.63) is 0 Å². The minimum Gasteiger partial charge on any atom is -0.377 e. The number of piperidine rings is 1. The van der Waals surface area contributed by atoms with Gasteiger partial charge in [-0.2, -0.15) is 0 Å². The van der Waals surface area contributed by atoms with Gasteiger partial charge in [-0.15, -0.1) is 0 Å². The van der Waals surface area contributed by atoms with E-state index in [4.69, 9.17) is 0 Å². The van der Waals surface area contributed by atoms with Crippen LogP contribution in [0.4, 0.5) is 0 Å². The van der Waals surface area contributed by atoms with E-state index in [0.29, 0.717) is 5.71 Å². The fraction of sp³-hybridized carbons (Fsp3) is 0.786. The molecule has 2 aliphatic rings. The topological polar surface area (TPSA) is 46.2 Å². The number of likely N-dealkylation sites (tertiary alicyclic amines) is 1. The molecule has 0 aromatic rings. The number of hydrogen-bond acceptors (Lipinski definition) is 2. The van der Waals surface area contributed by atoms with Crippen molar-refractivity contribution >= 4 is 18.0 Å². The Morgan fingerprint density at radius 2 is 1.83 bits per heavy atom. The van der Waals surface area contributed by atoms with E-state index in [1.54, 1.807) is 4.90 Å². The highest BCUT2D eigenvalue weighted by atomic mass is 16.1. The van der Waals surface area contributed by atoms with Crippen LogP contribution in [0, 0.1) is 5.92 Å². The van der Waals surface area contributed by atoms with Crippen LogP contribution in [0.1, 0.15) is 47.5 Å². The highest BCUT2D eigenvalue weighted by molar-refractivity contribution is 6.44. The van der Waals surface area contributed by atoms with E-state index in [2.05, 4.69) is 50.9 Å². The zero-order valence-corrected chi connectivity index (χ0v) is 12.0. The predicted octanol–water partition coefficient (Wildman–Crippen LogP) is 0.745. The van der Waals surface area contributed by atoms with Gasteiger partial charge in [-0.1, -0.05) is 0 Å². The molecule has 4 nitrogen and oxygen atoms in total. The molecule has 0 aromatic heterocycles. The van der Waals surface area contributed by atoms with Gasteiger partial charge in [-0.05, 0) is 59.1 Å². The van der Waals surface area contributed by atoms with Crippen LogP contribution in [0.2, 0.25) is 0 Å². The molecule has 100 valence electrons. The fourth-order valence-electron chi connectivity index (χ4n) is 4.11. The maximum atomic E-state index is 11.7. The van der Waals surface area contributed by atoms with Crippen LogP contribution in [0.15, 0.2) is 9.98 Å². The van der Waals surface area contributed by atoms with E-state index in [1.807, 2.05) is 0 Å². The van der Waals surface area contributed by atoms with Crippen molar-refractivity contribution in [2.45, 2.75) is 58.5 Å². The predicted molar refractivity (Wildman–Crippen MR) is 72.3 cm³/mol. The monoisotopic (exact) mass is 249 g/mol. The van der Waals surface area contributed by atoms with Gasteiger partial charge in [0, 0.05) is 6.34 Å². The molecule has 1 amide bonds. The second-order valence-electron chi connectivity index (χ2n) is 6.72. The number of hydrogen-bond donors (Lipinski definition) is 1. The summed E-state index contributed by atoms with van der Waals surface area (Å²) >= 11 is 0. The highest BCUT2D eigenvalue weighted by Crippen LogP contribution is 2.30. The number of nitrogens with one attached hydrogen (secondary N) is 1. The van der Waals surface area contributed by atoms with Crippen LogP contribution in [0.5, 0.6) is 0 Å². The smallest absolute Gasteiger partial charge is 0.132 e. The third-order valence-corrected chi connectivity index (χ3v) is 4.43. The number of aliphatic imine (C=N–C) groups is 2. The standard InChI is InChI=1S/C14H22N3O/c1-6-17-13(2,3)7-10(8-14(17,4)5)11-12(18)16-9-15-11/h10H,6-8H2,1-5H3/q-1/p+1. The lowest BCUT2D eigenvalue weighted by Gasteiger charge is -2.52. The Bertz CT molecular complexity index is 403. The van der Waals surface area contributed by atoms with Crippen LogP contribution in [0.25, 0.3) is 0 Å². The first kappa shape index (κ1) is 13.4. The molecular formula is C14H23N3O. The minimum absolute atomic E-state index is 0.159. The van der Waals surface area contributed by atoms with Gasteiger partial charge in [0.25, 0.3) is 0 Å². The zero-order chi connectivity index (χ0) is 13.6. The van der Waals surface area contributed by atoms with E-state index in [0.717, 1.165) is 19.4 Å². The Hall–Kier alpha value is -1.03. The molecule has 0 radical (unpaired) electrons. The lowest BCUT2D eigenvalue weighted by atomic mass is 9.72. The van der Waals surface area contributed by atoms with Gasteiger partial charge in [0.2, 0.25) is 0 Å². The van der Waals surface area contributed by atoms with Gasteiger partial charge in [-0.3, -0.25) is 0 Å². The molecule has 4 heteroatoms. The Labute approximate surface area is 109 Å². The van der Waals surface area contributed by atoms with E-state index in [9.17, 15) is 4.79 Å². The molecule has 0 saturated carbocycles. The molecular weight excluding hydrogens is 226 g/mol. The van der Waals surface area contributed by atoms with Crippen LogP contribution in [-0.4, -0.2) is 35.6 Å². The van der Waals surface area contributed by atoms with Gasteiger partial charge < -0.3 is 19.7 Å². The highest BCUT2D eigenvalue weighted by Gasteiger charge is 2.48. The van der Waals surface area contributed by atoms with Gasteiger partial charge in [0.15, 0.2) is 0 Å². The normalized spacial score (nSPS) is 33.6. The summed E-state index contributed by atoms with van der Waals surface area (Å²) in [6.45, 7) is 12.5. The first-order valence-corrected chi connectivity index (χ1v) is 6.72. The van der Waals surface area contributed by atoms with Crippen molar-refractivity contribution < 1.29 is 9.69 Å². The summed E-state index contributed by atoms with van der Waals surface area (Å²) < 4.78 is 0. The number of quaternary nitrogens is 1. The quantitative estimate of drug-likeness (QED) is 0.721. The first-order chi connectivity index (χ1) is 8.28. The SMILES string of the molecule is CC[NH+]1C(C)(C)CC(C2=N[C-]=NC2=O)CC1(C)C. The molecule has 2 rings (SSSR count). The molecule has 1 fully saturated rings. The van der Waals surface area contributed by atoms with E-state index >= 15 is 0 Å². The summed E-state index contributed by atoms with van der Waals surface area (Å²) in [6.07, 6.45) is 4.43. The van der Waals surface area contributed by atoms with Gasteiger partial charge in [0.1, 0.15) is 5.91 Å². The Morgan fingerprint density at radius 1 is 1.28 bits per heavy atom. The van der Waals surface area contributed by atoms with Crippen molar-refractivity contribution in [2.75, 3.05) is 6.54 Å². The minimum atomic E-state index is -0.188. The number of rotatable bonds is 2. The van der Waals surface area contributed by atoms with E-state index in [1.165, 1.54) is 0 Å². The van der Waals surface area contributed by atoms with E-state index in [-0.39, 0.29) is 22.9 Å². The fourth-order valence-corrected chi connectivity index (χ4v) is 4.11. The molecule has 18 heavy (non-hydrogen) atoms. The molecule has 2 heterocycles. The average molecular weight is 249 g/mol. The second-order valence-corrected chi connectivity index (χ2v) is 6.72. The maximum Gasteiger partial charge on any atom is 0.132 e. The van der Waals surface area contributed by atoms with Crippen molar-refractivity contribution in [2.24, 2.45) is 15.9 Å². The Balaban J connectivity index is 2.26. The average Bonchev–Trinajstić information content (AvgIpc) is 2.61. The second kappa shape index (κ2) is 4.26. The van der Waals surface area contributed by atoms with Gasteiger partial charge in [-0.25, -0.2) is 0 Å². The summed E-state index contributed by atoms with van der Waals surface area (Å²) in [5, 5.41) is 0. The summed E-state index contributed by atoms with van der Waals surface area (Å²) in [5.74, 6) is 0.0306. The molecule has 0 bridgehead atoms. The third-order valence-electron chi connectivity index (χ3n) is 4.43. The summed E-state index contributed by atoms with van der Waals surface area (Å²) in [6, 6.07) is 0. The van der Waals surface area contributed by atoms with Gasteiger partial charge >= 0.3 is 0 Å². The largest absolute Gasteiger partial charge is 0.377 e. The van der Waals surface area contributed by atoms with Crippen LogP contribution in [-0.2, 0) is 4.79 Å². The lowest BCUT2D eigenvalue weighted by molar-refractivity contribution is -0.998. The lowest BCUT2D eigenvalue weighted by Crippen LogP contribution is -3.26. The van der Waals surface area contributed by atoms with Crippen molar-refractivity contribution in [3.63, 3.8) is 0 Å². The molecule has 0 aromatic carbocycles. The van der Waals surface area contributed by atoms with Crippen LogP contribution >= 0.6 is 0 Å². The van der Waals surface area contributed by atoms with Crippen molar-refractivity contribution in [3.8, 4) is 0 Å². The third kappa shape index (κ3) is 2.14. The van der Waals surface area contributed by atoms with Gasteiger partial charge in [0.05, 0.1) is 17.6 Å². The molecule has 0 atom stereocenters. The molecule has 1 saturated heterocycles. The molecule has 0 spiro atoms. The van der Waals surface area contributed by atoms with Crippen LogP contribution in [0.3, 0.4) is 0 Å². The summed E-state index contributed by atoms with van der Waals surface area (Å²) in [5.41, 5.74) is 0.936. The zero-order valence-electron chi connectivity index (χ0n) is 12.0. The molecule has 0 aliphatic carbocycles. The number of carbonyl (C=O) groups excluding carboxylic acids is 1. The number of nitrogens with zero attached hydrogens (tertiary/aromatic N) is 2. The van der Waals surface area contributed by atoms with Crippen LogP contribution < -0.4 is 4.90 Å². The van der Waals surface area contributed by atoms with Crippen molar-refractivity contribution in [1.29, 1.82) is 0 Å². The summed E-state index contributed by atoms with van der Waals surface area (Å²) in [4.78, 5) is 21.0. The van der Waals surface area contributed by atoms with E-state index < -0.39 is 0 Å². The first-order valence-electron chi connectivity index (χ1n) is 6.72. The maximum absolute atomic E-state index is 11.7. The molecule has 2 aliphatic heterocycles. The Kier molecular flexibility index (Phi) is 3.18. The number of amides is 1. The van der Waals surface area contributed by atoms with Crippen molar-refractivity contribution in [1.82, 2.24) is 0 Å². The molecule has 1 N–H and O–H groups in total. The summed E-state index contributed by atoms with van der Waals surface area (Å²) in [7, 11) is 0. The number of carbonyl (C=O) groups is 1.